The quantitative estimate of drug-likeness (QED) is 0.613. The van der Waals surface area contributed by atoms with Crippen LogP contribution in [0.15, 0.2) is 54.6 Å². The van der Waals surface area contributed by atoms with Crippen molar-refractivity contribution in [3.05, 3.63) is 66.0 Å². The molecule has 3 aliphatic heterocycles. The van der Waals surface area contributed by atoms with E-state index in [0.717, 1.165) is 5.69 Å². The zero-order valence-corrected chi connectivity index (χ0v) is 21.5. The maximum absolute atomic E-state index is 14.3. The lowest BCUT2D eigenvalue weighted by Gasteiger charge is -2.43. The second kappa shape index (κ2) is 10.4. The Bertz CT molecular complexity index is 1220. The third-order valence-corrected chi connectivity index (χ3v) is 7.97. The van der Waals surface area contributed by atoms with Gasteiger partial charge in [-0.25, -0.2) is 4.39 Å². The molecule has 3 fully saturated rings. The van der Waals surface area contributed by atoms with Gasteiger partial charge in [0.25, 0.3) is 11.8 Å². The standard InChI is InChI=1S/C28H32FN5O4/c1-21(35)30-15-17-31(18-16-30)25(36)19-33-20-34(22-7-3-2-4-8-22)28(27(33)38)11-13-32(14-12-28)26(37)23-9-5-6-10-24(23)29/h2-10H,11-20H2,1H3. The number of para-hydroxylation sites is 1. The minimum absolute atomic E-state index is 0.00732. The van der Waals surface area contributed by atoms with Gasteiger partial charge in [-0.1, -0.05) is 30.3 Å². The van der Waals surface area contributed by atoms with Crippen LogP contribution >= 0.6 is 0 Å². The predicted octanol–water partition coefficient (Wildman–Crippen LogP) is 1.80. The summed E-state index contributed by atoms with van der Waals surface area (Å²) in [4.78, 5) is 60.4. The van der Waals surface area contributed by atoms with E-state index in [2.05, 4.69) is 0 Å². The number of anilines is 1. The molecule has 0 bridgehead atoms. The molecule has 1 spiro atoms. The minimum Gasteiger partial charge on any atom is -0.339 e. The number of hydrogen-bond donors (Lipinski definition) is 0. The Morgan fingerprint density at radius 3 is 2.05 bits per heavy atom. The fourth-order valence-corrected chi connectivity index (χ4v) is 5.74. The highest BCUT2D eigenvalue weighted by molar-refractivity contribution is 5.98. The second-order valence-electron chi connectivity index (χ2n) is 10.1. The maximum atomic E-state index is 14.3. The Hall–Kier alpha value is -3.95. The summed E-state index contributed by atoms with van der Waals surface area (Å²) in [5, 5.41) is 0. The molecule has 2 aromatic carbocycles. The fraction of sp³-hybridized carbons (Fsp3) is 0.429. The van der Waals surface area contributed by atoms with E-state index in [1.807, 2.05) is 35.2 Å². The Labute approximate surface area is 221 Å². The van der Waals surface area contributed by atoms with E-state index in [0.29, 0.717) is 52.1 Å². The zero-order valence-electron chi connectivity index (χ0n) is 21.5. The van der Waals surface area contributed by atoms with Gasteiger partial charge in [0, 0.05) is 51.9 Å². The van der Waals surface area contributed by atoms with Crippen molar-refractivity contribution in [1.29, 1.82) is 0 Å². The van der Waals surface area contributed by atoms with Crippen LogP contribution in [0.25, 0.3) is 0 Å². The lowest BCUT2D eigenvalue weighted by Crippen LogP contribution is -2.57. The molecular weight excluding hydrogens is 489 g/mol. The zero-order chi connectivity index (χ0) is 26.9. The number of benzene rings is 2. The molecule has 200 valence electrons. The first-order chi connectivity index (χ1) is 18.3. The molecule has 4 amide bonds. The monoisotopic (exact) mass is 521 g/mol. The van der Waals surface area contributed by atoms with Gasteiger partial charge in [-0.3, -0.25) is 19.2 Å². The van der Waals surface area contributed by atoms with Crippen molar-refractivity contribution in [1.82, 2.24) is 19.6 Å². The van der Waals surface area contributed by atoms with Gasteiger partial charge in [-0.05, 0) is 37.1 Å². The van der Waals surface area contributed by atoms with Crippen molar-refractivity contribution in [2.24, 2.45) is 0 Å². The van der Waals surface area contributed by atoms with Gasteiger partial charge in [0.05, 0.1) is 12.2 Å². The lowest BCUT2D eigenvalue weighted by atomic mass is 9.85. The van der Waals surface area contributed by atoms with Gasteiger partial charge in [0.2, 0.25) is 11.8 Å². The molecule has 10 heteroatoms. The van der Waals surface area contributed by atoms with E-state index >= 15 is 0 Å². The largest absolute Gasteiger partial charge is 0.339 e. The summed E-state index contributed by atoms with van der Waals surface area (Å²) < 4.78 is 14.3. The fourth-order valence-electron chi connectivity index (χ4n) is 5.74. The highest BCUT2D eigenvalue weighted by Crippen LogP contribution is 2.39. The summed E-state index contributed by atoms with van der Waals surface area (Å²) in [6.45, 7) is 4.22. The molecule has 38 heavy (non-hydrogen) atoms. The number of hydrogen-bond acceptors (Lipinski definition) is 5. The summed E-state index contributed by atoms with van der Waals surface area (Å²) in [7, 11) is 0. The van der Waals surface area contributed by atoms with Crippen molar-refractivity contribution in [2.45, 2.75) is 25.3 Å². The van der Waals surface area contributed by atoms with Crippen LogP contribution in [0, 0.1) is 5.82 Å². The highest BCUT2D eigenvalue weighted by atomic mass is 19.1. The molecule has 0 radical (unpaired) electrons. The first kappa shape index (κ1) is 25.7. The first-order valence-corrected chi connectivity index (χ1v) is 13.0. The molecule has 0 aliphatic carbocycles. The van der Waals surface area contributed by atoms with E-state index in [9.17, 15) is 23.6 Å². The number of likely N-dealkylation sites (tertiary alicyclic amines) is 1. The molecule has 0 unspecified atom stereocenters. The van der Waals surface area contributed by atoms with Crippen LogP contribution in [0.3, 0.4) is 0 Å². The van der Waals surface area contributed by atoms with Gasteiger partial charge in [0.1, 0.15) is 17.9 Å². The SMILES string of the molecule is CC(=O)N1CCN(C(=O)CN2CN(c3ccccc3)C3(CCN(C(=O)c4ccccc4F)CC3)C2=O)CC1. The van der Waals surface area contributed by atoms with Gasteiger partial charge < -0.3 is 24.5 Å². The Balaban J connectivity index is 1.32. The predicted molar refractivity (Wildman–Crippen MR) is 139 cm³/mol. The second-order valence-corrected chi connectivity index (χ2v) is 10.1. The van der Waals surface area contributed by atoms with Crippen molar-refractivity contribution >= 4 is 29.3 Å². The molecule has 5 rings (SSSR count). The summed E-state index contributed by atoms with van der Waals surface area (Å²) in [5.41, 5.74) is 0.0130. The van der Waals surface area contributed by atoms with Crippen molar-refractivity contribution in [3.63, 3.8) is 0 Å². The van der Waals surface area contributed by atoms with E-state index in [1.54, 1.807) is 31.7 Å². The van der Waals surface area contributed by atoms with E-state index in [4.69, 9.17) is 0 Å². The minimum atomic E-state index is -0.888. The first-order valence-electron chi connectivity index (χ1n) is 13.0. The number of halogens is 1. The van der Waals surface area contributed by atoms with Crippen LogP contribution in [0.5, 0.6) is 0 Å². The number of nitrogens with zero attached hydrogens (tertiary/aromatic N) is 5. The van der Waals surface area contributed by atoms with Crippen LogP contribution in [0.4, 0.5) is 10.1 Å². The van der Waals surface area contributed by atoms with Gasteiger partial charge in [-0.15, -0.1) is 0 Å². The molecule has 3 aliphatic rings. The summed E-state index contributed by atoms with van der Waals surface area (Å²) in [6.07, 6.45) is 0.756. The molecule has 0 N–H and O–H groups in total. The Morgan fingerprint density at radius 1 is 0.816 bits per heavy atom. The van der Waals surface area contributed by atoms with Gasteiger partial charge in [0.15, 0.2) is 0 Å². The molecule has 2 aromatic rings. The van der Waals surface area contributed by atoms with Crippen LogP contribution in [-0.4, -0.2) is 101 Å². The number of amides is 4. The summed E-state index contributed by atoms with van der Waals surface area (Å²) in [6, 6.07) is 15.5. The molecule has 3 heterocycles. The van der Waals surface area contributed by atoms with Crippen LogP contribution in [-0.2, 0) is 14.4 Å². The summed E-state index contributed by atoms with van der Waals surface area (Å²) >= 11 is 0. The number of carbonyl (C=O) groups excluding carboxylic acids is 4. The molecule has 0 saturated carbocycles. The Kier molecular flexibility index (Phi) is 7.05. The average Bonchev–Trinajstić information content (AvgIpc) is 3.20. The molecule has 0 aromatic heterocycles. The number of piperidine rings is 1. The molecule has 3 saturated heterocycles. The highest BCUT2D eigenvalue weighted by Gasteiger charge is 2.54. The normalized spacial score (nSPS) is 19.3. The number of piperazine rings is 1. The number of rotatable bonds is 4. The Morgan fingerprint density at radius 2 is 1.42 bits per heavy atom. The van der Waals surface area contributed by atoms with Crippen molar-refractivity contribution in [3.8, 4) is 0 Å². The summed E-state index contributed by atoms with van der Waals surface area (Å²) in [5.74, 6) is -1.22. The average molecular weight is 522 g/mol. The molecule has 9 nitrogen and oxygen atoms in total. The molecule has 0 atom stereocenters. The lowest BCUT2D eigenvalue weighted by molar-refractivity contribution is -0.143. The van der Waals surface area contributed by atoms with Crippen molar-refractivity contribution in [2.75, 3.05) is 57.4 Å². The van der Waals surface area contributed by atoms with Gasteiger partial charge >= 0.3 is 0 Å². The van der Waals surface area contributed by atoms with Crippen molar-refractivity contribution < 1.29 is 23.6 Å². The third-order valence-electron chi connectivity index (χ3n) is 7.97. The van der Waals surface area contributed by atoms with Gasteiger partial charge in [-0.2, -0.15) is 0 Å². The maximum Gasteiger partial charge on any atom is 0.256 e. The van der Waals surface area contributed by atoms with E-state index < -0.39 is 11.4 Å². The van der Waals surface area contributed by atoms with E-state index in [1.165, 1.54) is 19.1 Å². The third kappa shape index (κ3) is 4.70. The van der Waals surface area contributed by atoms with Crippen LogP contribution in [0.2, 0.25) is 0 Å². The number of carbonyl (C=O) groups is 4. The van der Waals surface area contributed by atoms with E-state index in [-0.39, 0.29) is 42.4 Å². The topological polar surface area (TPSA) is 84.5 Å². The smallest absolute Gasteiger partial charge is 0.256 e. The van der Waals surface area contributed by atoms with Crippen LogP contribution in [0.1, 0.15) is 30.1 Å². The molecular formula is C28H32FN5O4. The van der Waals surface area contributed by atoms with Crippen LogP contribution < -0.4 is 4.90 Å².